The molecule has 0 amide bonds. The summed E-state index contributed by atoms with van der Waals surface area (Å²) in [5.74, 6) is 0. The predicted molar refractivity (Wildman–Crippen MR) is 94.8 cm³/mol. The molecule has 118 valence electrons. The van der Waals surface area contributed by atoms with Crippen LogP contribution in [0.5, 0.6) is 0 Å². The third-order valence-corrected chi connectivity index (χ3v) is 5.33. The average molecular weight is 366 g/mol. The summed E-state index contributed by atoms with van der Waals surface area (Å²) in [5, 5.41) is 6.14. The van der Waals surface area contributed by atoms with E-state index in [0.717, 1.165) is 28.7 Å². The van der Waals surface area contributed by atoms with E-state index in [4.69, 9.17) is 28.3 Å². The van der Waals surface area contributed by atoms with Crippen LogP contribution in [0.2, 0.25) is 10.0 Å². The van der Waals surface area contributed by atoms with Crippen LogP contribution in [0.15, 0.2) is 59.5 Å². The Hall–Kier alpha value is -1.59. The zero-order valence-corrected chi connectivity index (χ0v) is 14.3. The van der Waals surface area contributed by atoms with Crippen LogP contribution in [0.25, 0.3) is 11.1 Å². The van der Waals surface area contributed by atoms with Crippen LogP contribution in [0.3, 0.4) is 0 Å². The van der Waals surface area contributed by atoms with Crippen LogP contribution in [0, 0.1) is 0 Å². The lowest BCUT2D eigenvalue weighted by atomic mass is 9.95. The van der Waals surface area contributed by atoms with Gasteiger partial charge in [0, 0.05) is 0 Å². The molecule has 3 nitrogen and oxygen atoms in total. The zero-order valence-electron chi connectivity index (χ0n) is 12.0. The summed E-state index contributed by atoms with van der Waals surface area (Å²) in [6, 6.07) is 12.0. The monoisotopic (exact) mass is 365 g/mol. The minimum atomic E-state index is -3.69. The highest BCUT2D eigenvalue weighted by Crippen LogP contribution is 2.38. The number of primary sulfonamides is 1. The highest BCUT2D eigenvalue weighted by atomic mass is 35.5. The fraction of sp³-hybridized carbons (Fsp3) is 0.0588. The van der Waals surface area contributed by atoms with Crippen molar-refractivity contribution in [3.05, 3.63) is 75.8 Å². The van der Waals surface area contributed by atoms with Crippen molar-refractivity contribution in [1.29, 1.82) is 0 Å². The molecule has 0 saturated carbocycles. The Labute approximate surface area is 145 Å². The van der Waals surface area contributed by atoms with Crippen molar-refractivity contribution in [2.75, 3.05) is 0 Å². The molecular formula is C17H13Cl2NO2S. The number of halogens is 2. The number of hydrogen-bond acceptors (Lipinski definition) is 2. The molecule has 2 N–H and O–H groups in total. The van der Waals surface area contributed by atoms with Gasteiger partial charge in [0.15, 0.2) is 0 Å². The average Bonchev–Trinajstić information content (AvgIpc) is 2.99. The van der Waals surface area contributed by atoms with Crippen molar-refractivity contribution >= 4 is 44.4 Å². The van der Waals surface area contributed by atoms with Crippen molar-refractivity contribution in [3.8, 4) is 0 Å². The maximum Gasteiger partial charge on any atom is 0.238 e. The highest BCUT2D eigenvalue weighted by Gasteiger charge is 2.16. The Balaban J connectivity index is 1.97. The fourth-order valence-corrected chi connectivity index (χ4v) is 3.36. The molecular weight excluding hydrogens is 353 g/mol. The third kappa shape index (κ3) is 3.35. The van der Waals surface area contributed by atoms with Crippen LogP contribution >= 0.6 is 23.2 Å². The van der Waals surface area contributed by atoms with Gasteiger partial charge in [0.25, 0.3) is 0 Å². The molecule has 2 aromatic carbocycles. The first-order chi connectivity index (χ1) is 10.9. The molecule has 0 spiro atoms. The summed E-state index contributed by atoms with van der Waals surface area (Å²) in [6.07, 6.45) is 4.99. The number of allylic oxidation sites excluding steroid dienone is 4. The zero-order chi connectivity index (χ0) is 16.6. The van der Waals surface area contributed by atoms with Crippen molar-refractivity contribution in [2.45, 2.75) is 11.3 Å². The summed E-state index contributed by atoms with van der Waals surface area (Å²) in [5.41, 5.74) is 3.97. The Morgan fingerprint density at radius 2 is 1.39 bits per heavy atom. The summed E-state index contributed by atoms with van der Waals surface area (Å²) < 4.78 is 22.7. The maximum atomic E-state index is 11.3. The topological polar surface area (TPSA) is 60.2 Å². The Morgan fingerprint density at radius 3 is 1.96 bits per heavy atom. The number of hydrogen-bond donors (Lipinski definition) is 1. The van der Waals surface area contributed by atoms with Gasteiger partial charge in [-0.1, -0.05) is 53.6 Å². The molecule has 0 aliphatic heterocycles. The molecule has 6 heteroatoms. The van der Waals surface area contributed by atoms with Crippen molar-refractivity contribution < 1.29 is 8.42 Å². The summed E-state index contributed by atoms with van der Waals surface area (Å²) in [4.78, 5) is 0.0971. The molecule has 0 heterocycles. The molecule has 0 unspecified atom stereocenters. The van der Waals surface area contributed by atoms with Crippen molar-refractivity contribution in [3.63, 3.8) is 0 Å². The van der Waals surface area contributed by atoms with Crippen LogP contribution in [0.1, 0.15) is 17.5 Å². The van der Waals surface area contributed by atoms with Gasteiger partial charge in [-0.15, -0.1) is 0 Å². The second kappa shape index (κ2) is 6.13. The van der Waals surface area contributed by atoms with Crippen LogP contribution < -0.4 is 5.14 Å². The molecule has 0 radical (unpaired) electrons. The number of sulfonamides is 1. The minimum absolute atomic E-state index is 0.0971. The molecule has 2 aromatic rings. The minimum Gasteiger partial charge on any atom is -0.225 e. The molecule has 0 fully saturated rings. The summed E-state index contributed by atoms with van der Waals surface area (Å²) in [7, 11) is -3.69. The van der Waals surface area contributed by atoms with Gasteiger partial charge in [-0.05, 0) is 53.0 Å². The van der Waals surface area contributed by atoms with Crippen molar-refractivity contribution in [1.82, 2.24) is 0 Å². The van der Waals surface area contributed by atoms with Gasteiger partial charge in [-0.3, -0.25) is 0 Å². The summed E-state index contributed by atoms with van der Waals surface area (Å²) in [6.45, 7) is 0. The first-order valence-corrected chi connectivity index (χ1v) is 9.16. The van der Waals surface area contributed by atoms with Crippen molar-refractivity contribution in [2.24, 2.45) is 5.14 Å². The quantitative estimate of drug-likeness (QED) is 0.869. The van der Waals surface area contributed by atoms with E-state index in [-0.39, 0.29) is 4.90 Å². The largest absolute Gasteiger partial charge is 0.238 e. The van der Waals surface area contributed by atoms with Gasteiger partial charge in [0.1, 0.15) is 0 Å². The smallest absolute Gasteiger partial charge is 0.225 e. The van der Waals surface area contributed by atoms with E-state index < -0.39 is 10.0 Å². The molecule has 0 bridgehead atoms. The second-order valence-electron chi connectivity index (χ2n) is 5.17. The molecule has 0 saturated heterocycles. The van der Waals surface area contributed by atoms with E-state index in [1.54, 1.807) is 18.2 Å². The SMILES string of the molecule is NS(=O)(=O)c1ccc(C2=CCC=C2c2ccc(Cl)c(Cl)c2)cc1. The van der Waals surface area contributed by atoms with E-state index in [2.05, 4.69) is 12.2 Å². The van der Waals surface area contributed by atoms with E-state index in [1.165, 1.54) is 12.1 Å². The van der Waals surface area contributed by atoms with E-state index in [0.29, 0.717) is 10.0 Å². The lowest BCUT2D eigenvalue weighted by molar-refractivity contribution is 0.598. The normalized spacial score (nSPS) is 14.6. The second-order valence-corrected chi connectivity index (χ2v) is 7.55. The molecule has 1 aliphatic rings. The predicted octanol–water partition coefficient (Wildman–Crippen LogP) is 4.51. The van der Waals surface area contributed by atoms with E-state index in [9.17, 15) is 8.42 Å². The number of benzene rings is 2. The number of rotatable bonds is 3. The molecule has 0 aromatic heterocycles. The Kier molecular flexibility index (Phi) is 4.34. The van der Waals surface area contributed by atoms with Crippen LogP contribution in [0.4, 0.5) is 0 Å². The highest BCUT2D eigenvalue weighted by molar-refractivity contribution is 7.89. The van der Waals surface area contributed by atoms with Crippen LogP contribution in [-0.2, 0) is 10.0 Å². The Bertz CT molecular complexity index is 930. The fourth-order valence-electron chi connectivity index (χ4n) is 2.55. The Morgan fingerprint density at radius 1 is 0.826 bits per heavy atom. The molecule has 1 aliphatic carbocycles. The molecule has 3 rings (SSSR count). The molecule has 23 heavy (non-hydrogen) atoms. The first-order valence-electron chi connectivity index (χ1n) is 6.85. The van der Waals surface area contributed by atoms with Gasteiger partial charge >= 0.3 is 0 Å². The van der Waals surface area contributed by atoms with Gasteiger partial charge in [-0.2, -0.15) is 0 Å². The standard InChI is InChI=1S/C17H13Cl2NO2S/c18-16-9-6-12(10-17(16)19)15-3-1-2-14(15)11-4-7-13(8-5-11)23(20,21)22/h2-10H,1H2,(H2,20,21,22). The van der Waals surface area contributed by atoms with Gasteiger partial charge < -0.3 is 0 Å². The maximum absolute atomic E-state index is 11.3. The summed E-state index contributed by atoms with van der Waals surface area (Å²) >= 11 is 12.1. The van der Waals surface area contributed by atoms with Crippen LogP contribution in [-0.4, -0.2) is 8.42 Å². The van der Waals surface area contributed by atoms with Gasteiger partial charge in [-0.25, -0.2) is 13.6 Å². The van der Waals surface area contributed by atoms with Gasteiger partial charge in [0.2, 0.25) is 10.0 Å². The van der Waals surface area contributed by atoms with E-state index >= 15 is 0 Å². The van der Waals surface area contributed by atoms with E-state index in [1.807, 2.05) is 12.1 Å². The third-order valence-electron chi connectivity index (χ3n) is 3.66. The lowest BCUT2D eigenvalue weighted by Crippen LogP contribution is -2.11. The first kappa shape index (κ1) is 16.3. The molecule has 0 atom stereocenters. The van der Waals surface area contributed by atoms with Gasteiger partial charge in [0.05, 0.1) is 14.9 Å². The lowest BCUT2D eigenvalue weighted by Gasteiger charge is -2.11. The number of nitrogens with two attached hydrogens (primary N) is 1.